The van der Waals surface area contributed by atoms with E-state index in [0.717, 1.165) is 12.4 Å². The summed E-state index contributed by atoms with van der Waals surface area (Å²) in [7, 11) is -1.37. The summed E-state index contributed by atoms with van der Waals surface area (Å²) in [5.41, 5.74) is 0. The summed E-state index contributed by atoms with van der Waals surface area (Å²) in [6.07, 6.45) is 1.66. The molecule has 1 rings (SSSR count). The van der Waals surface area contributed by atoms with Crippen LogP contribution in [0.2, 0.25) is 0 Å². The van der Waals surface area contributed by atoms with Gasteiger partial charge in [-0.2, -0.15) is 0 Å². The number of aliphatic imine (C=N–C) groups is 1. The molecule has 3 N–H and O–H groups in total. The number of guanidine groups is 1. The van der Waals surface area contributed by atoms with Crippen molar-refractivity contribution >= 4 is 51.3 Å². The standard InChI is InChI=1S/C15H28N4O2S2.HI/c1-5-23(20,21)18-10-6-9-17-15(16-4)19-12(2)11-14-8-7-13(3)22-14;/h7-8,12,18H,5-6,9-11H2,1-4H3,(H2,16,17,19);1H. The fourth-order valence-corrected chi connectivity index (χ4v) is 3.68. The maximum absolute atomic E-state index is 11.3. The molecule has 1 aromatic rings. The van der Waals surface area contributed by atoms with Crippen LogP contribution in [0.15, 0.2) is 17.1 Å². The maximum atomic E-state index is 11.3. The van der Waals surface area contributed by atoms with Crippen LogP contribution in [0.4, 0.5) is 0 Å². The third kappa shape index (κ3) is 9.80. The lowest BCUT2D eigenvalue weighted by atomic mass is 10.2. The molecular weight excluding hydrogens is 459 g/mol. The molecule has 0 aromatic carbocycles. The minimum absolute atomic E-state index is 0. The smallest absolute Gasteiger partial charge is 0.211 e. The van der Waals surface area contributed by atoms with Gasteiger partial charge in [0.15, 0.2) is 5.96 Å². The number of nitrogens with zero attached hydrogens (tertiary/aromatic N) is 1. The summed E-state index contributed by atoms with van der Waals surface area (Å²) in [5.74, 6) is 0.854. The number of halogens is 1. The summed E-state index contributed by atoms with van der Waals surface area (Å²) in [5, 5.41) is 6.55. The number of thiophene rings is 1. The Morgan fingerprint density at radius 2 is 2.04 bits per heavy atom. The quantitative estimate of drug-likeness (QED) is 0.215. The van der Waals surface area contributed by atoms with E-state index in [1.54, 1.807) is 14.0 Å². The first-order valence-corrected chi connectivity index (χ1v) is 10.3. The van der Waals surface area contributed by atoms with Gasteiger partial charge >= 0.3 is 0 Å². The lowest BCUT2D eigenvalue weighted by Gasteiger charge is -2.17. The average Bonchev–Trinajstić information content (AvgIpc) is 2.90. The summed E-state index contributed by atoms with van der Waals surface area (Å²) >= 11 is 1.81. The Balaban J connectivity index is 0.00000529. The molecule has 24 heavy (non-hydrogen) atoms. The number of rotatable bonds is 9. The number of aryl methyl sites for hydroxylation is 1. The molecule has 0 saturated carbocycles. The number of hydrogen-bond donors (Lipinski definition) is 3. The van der Waals surface area contributed by atoms with Gasteiger partial charge in [-0.05, 0) is 39.3 Å². The molecule has 1 unspecified atom stereocenters. The monoisotopic (exact) mass is 488 g/mol. The van der Waals surface area contributed by atoms with E-state index in [9.17, 15) is 8.42 Å². The second-order valence-corrected chi connectivity index (χ2v) is 8.88. The first kappa shape index (κ1) is 23.6. The number of nitrogens with one attached hydrogen (secondary N) is 3. The van der Waals surface area contributed by atoms with Gasteiger partial charge in [0.2, 0.25) is 10.0 Å². The van der Waals surface area contributed by atoms with Gasteiger partial charge in [0.1, 0.15) is 0 Å². The molecule has 1 heterocycles. The molecule has 1 atom stereocenters. The molecule has 0 fully saturated rings. The second-order valence-electron chi connectivity index (χ2n) is 5.41. The third-order valence-electron chi connectivity index (χ3n) is 3.26. The highest BCUT2D eigenvalue weighted by atomic mass is 127. The first-order chi connectivity index (χ1) is 10.9. The molecular formula is C15H29IN4O2S2. The molecule has 0 bridgehead atoms. The van der Waals surface area contributed by atoms with Crippen molar-refractivity contribution in [2.24, 2.45) is 4.99 Å². The van der Waals surface area contributed by atoms with Gasteiger partial charge in [0, 0.05) is 42.4 Å². The zero-order chi connectivity index (χ0) is 17.3. The molecule has 0 aliphatic carbocycles. The molecule has 1 aromatic heterocycles. The van der Waals surface area contributed by atoms with Crippen LogP contribution in [0.25, 0.3) is 0 Å². The summed E-state index contributed by atoms with van der Waals surface area (Å²) in [6.45, 7) is 6.96. The fraction of sp³-hybridized carbons (Fsp3) is 0.667. The van der Waals surface area contributed by atoms with E-state index in [-0.39, 0.29) is 35.8 Å². The van der Waals surface area contributed by atoms with Crippen LogP contribution in [-0.2, 0) is 16.4 Å². The van der Waals surface area contributed by atoms with Gasteiger partial charge in [-0.25, -0.2) is 13.1 Å². The molecule has 0 radical (unpaired) electrons. The van der Waals surface area contributed by atoms with Crippen molar-refractivity contribution in [3.05, 3.63) is 21.9 Å². The summed E-state index contributed by atoms with van der Waals surface area (Å²) < 4.78 is 25.2. The van der Waals surface area contributed by atoms with Crippen molar-refractivity contribution < 1.29 is 8.42 Å². The van der Waals surface area contributed by atoms with Crippen molar-refractivity contribution in [3.63, 3.8) is 0 Å². The van der Waals surface area contributed by atoms with E-state index in [0.29, 0.717) is 19.5 Å². The van der Waals surface area contributed by atoms with E-state index in [1.807, 2.05) is 11.3 Å². The zero-order valence-electron chi connectivity index (χ0n) is 14.8. The molecule has 0 aliphatic rings. The minimum Gasteiger partial charge on any atom is -0.356 e. The zero-order valence-corrected chi connectivity index (χ0v) is 18.7. The van der Waals surface area contributed by atoms with Crippen molar-refractivity contribution in [3.8, 4) is 0 Å². The molecule has 6 nitrogen and oxygen atoms in total. The predicted molar refractivity (Wildman–Crippen MR) is 114 cm³/mol. The van der Waals surface area contributed by atoms with Crippen LogP contribution in [-0.4, -0.2) is 46.3 Å². The summed E-state index contributed by atoms with van der Waals surface area (Å²) in [4.78, 5) is 6.87. The van der Waals surface area contributed by atoms with Crippen LogP contribution in [0.5, 0.6) is 0 Å². The molecule has 9 heteroatoms. The minimum atomic E-state index is -3.10. The third-order valence-corrected chi connectivity index (χ3v) is 5.69. The molecule has 140 valence electrons. The first-order valence-electron chi connectivity index (χ1n) is 7.86. The van der Waals surface area contributed by atoms with E-state index >= 15 is 0 Å². The second kappa shape index (κ2) is 12.0. The van der Waals surface area contributed by atoms with Gasteiger partial charge in [-0.15, -0.1) is 35.3 Å². The fourth-order valence-electron chi connectivity index (χ4n) is 2.00. The number of hydrogen-bond acceptors (Lipinski definition) is 4. The highest BCUT2D eigenvalue weighted by molar-refractivity contribution is 14.0. The van der Waals surface area contributed by atoms with Crippen molar-refractivity contribution in [2.75, 3.05) is 25.9 Å². The normalized spacial score (nSPS) is 13.2. The molecule has 0 spiro atoms. The Morgan fingerprint density at radius 3 is 2.58 bits per heavy atom. The lowest BCUT2D eigenvalue weighted by molar-refractivity contribution is 0.579. The predicted octanol–water partition coefficient (Wildman–Crippen LogP) is 2.10. The van der Waals surface area contributed by atoms with Crippen LogP contribution in [0, 0.1) is 6.92 Å². The largest absolute Gasteiger partial charge is 0.356 e. The summed E-state index contributed by atoms with van der Waals surface area (Å²) in [6, 6.07) is 4.57. The SMILES string of the molecule is CCS(=O)(=O)NCCCNC(=NC)NC(C)Cc1ccc(C)s1.I. The van der Waals surface area contributed by atoms with E-state index in [1.165, 1.54) is 9.75 Å². The lowest BCUT2D eigenvalue weighted by Crippen LogP contribution is -2.43. The van der Waals surface area contributed by atoms with Crippen LogP contribution < -0.4 is 15.4 Å². The van der Waals surface area contributed by atoms with Gasteiger partial charge in [0.25, 0.3) is 0 Å². The van der Waals surface area contributed by atoms with Crippen LogP contribution in [0.3, 0.4) is 0 Å². The average molecular weight is 488 g/mol. The highest BCUT2D eigenvalue weighted by Crippen LogP contribution is 2.16. The maximum Gasteiger partial charge on any atom is 0.211 e. The topological polar surface area (TPSA) is 82.6 Å². The Bertz CT molecular complexity index is 602. The van der Waals surface area contributed by atoms with E-state index in [4.69, 9.17) is 0 Å². The van der Waals surface area contributed by atoms with Crippen molar-refractivity contribution in [1.82, 2.24) is 15.4 Å². The van der Waals surface area contributed by atoms with Gasteiger partial charge in [0.05, 0.1) is 5.75 Å². The van der Waals surface area contributed by atoms with E-state index in [2.05, 4.69) is 46.3 Å². The van der Waals surface area contributed by atoms with Gasteiger partial charge in [-0.3, -0.25) is 4.99 Å². The van der Waals surface area contributed by atoms with Crippen LogP contribution >= 0.6 is 35.3 Å². The molecule has 0 aliphatic heterocycles. The Kier molecular flexibility index (Phi) is 11.8. The van der Waals surface area contributed by atoms with Crippen molar-refractivity contribution in [1.29, 1.82) is 0 Å². The molecule has 0 amide bonds. The van der Waals surface area contributed by atoms with Gasteiger partial charge in [-0.1, -0.05) is 0 Å². The Morgan fingerprint density at radius 1 is 1.33 bits per heavy atom. The van der Waals surface area contributed by atoms with Gasteiger partial charge < -0.3 is 10.6 Å². The Labute approximate surface area is 167 Å². The van der Waals surface area contributed by atoms with E-state index < -0.39 is 10.0 Å². The molecule has 0 saturated heterocycles. The van der Waals surface area contributed by atoms with Crippen molar-refractivity contribution in [2.45, 2.75) is 39.7 Å². The van der Waals surface area contributed by atoms with Crippen LogP contribution in [0.1, 0.15) is 30.0 Å². The highest BCUT2D eigenvalue weighted by Gasteiger charge is 2.08. The number of sulfonamides is 1. The Hall–Kier alpha value is -0.390.